The van der Waals surface area contributed by atoms with E-state index in [4.69, 9.17) is 21.1 Å². The summed E-state index contributed by atoms with van der Waals surface area (Å²) in [5, 5.41) is 24.0. The third kappa shape index (κ3) is 15.7. The molecule has 2 unspecified atom stereocenters. The summed E-state index contributed by atoms with van der Waals surface area (Å²) in [7, 11) is 0. The second-order valence-electron chi connectivity index (χ2n) is 15.8. The first kappa shape index (κ1) is 51.3. The quantitative estimate of drug-likeness (QED) is 0.0719. The van der Waals surface area contributed by atoms with Crippen LogP contribution in [0.5, 0.6) is 11.5 Å². The molecule has 0 bridgehead atoms. The van der Waals surface area contributed by atoms with Gasteiger partial charge in [-0.3, -0.25) is 4.79 Å². The zero-order chi connectivity index (χ0) is 39.9. The van der Waals surface area contributed by atoms with Gasteiger partial charge in [0, 0.05) is 89.7 Å². The van der Waals surface area contributed by atoms with E-state index in [1.807, 2.05) is 50.2 Å². The number of ketones is 1. The van der Waals surface area contributed by atoms with Crippen LogP contribution in [-0.4, -0.2) is 46.2 Å². The number of hydrogen-bond acceptors (Lipinski definition) is 7. The van der Waals surface area contributed by atoms with E-state index in [9.17, 15) is 15.0 Å². The molecule has 310 valence electrons. The van der Waals surface area contributed by atoms with Crippen LogP contribution in [-0.2, 0) is 95.9 Å². The van der Waals surface area contributed by atoms with Crippen LogP contribution < -0.4 is 9.47 Å². The number of thiazole rings is 1. The Balaban J connectivity index is 0.000000300. The zero-order valence-corrected chi connectivity index (χ0v) is 42.1. The Morgan fingerprint density at radius 3 is 2.38 bits per heavy atom. The van der Waals surface area contributed by atoms with Crippen LogP contribution in [0.1, 0.15) is 109 Å². The summed E-state index contributed by atoms with van der Waals surface area (Å²) in [6, 6.07) is 20.5. The number of ether oxygens (including phenoxy) is 2. The Morgan fingerprint density at radius 2 is 1.67 bits per heavy atom. The normalized spacial score (nSPS) is 20.4. The third-order valence-electron chi connectivity index (χ3n) is 11.8. The second-order valence-corrected chi connectivity index (χ2v) is 17.3. The molecular weight excluding hydrogens is 916 g/mol. The fourth-order valence-corrected chi connectivity index (χ4v) is 9.51. The van der Waals surface area contributed by atoms with Gasteiger partial charge in [0.25, 0.3) is 0 Å². The summed E-state index contributed by atoms with van der Waals surface area (Å²) in [5.74, 6) is 3.27. The van der Waals surface area contributed by atoms with Crippen molar-refractivity contribution < 1.29 is 89.9 Å². The maximum absolute atomic E-state index is 12.5. The van der Waals surface area contributed by atoms with Gasteiger partial charge in [-0.1, -0.05) is 92.2 Å². The Bertz CT molecular complexity index is 1770. The van der Waals surface area contributed by atoms with Gasteiger partial charge in [0.2, 0.25) is 0 Å². The number of unbranched alkanes of at least 4 members (excludes halogenated alkanes) is 1. The van der Waals surface area contributed by atoms with E-state index in [0.29, 0.717) is 49.6 Å². The predicted molar refractivity (Wildman–Crippen MR) is 229 cm³/mol. The van der Waals surface area contributed by atoms with E-state index in [1.54, 1.807) is 17.5 Å². The molecule has 0 amide bonds. The van der Waals surface area contributed by atoms with Gasteiger partial charge in [0.1, 0.15) is 17.3 Å². The topological polar surface area (TPSA) is 88.9 Å². The minimum atomic E-state index is -0.411. The monoisotopic (exact) mass is 977 g/mol. The molecule has 58 heavy (non-hydrogen) atoms. The van der Waals surface area contributed by atoms with Crippen LogP contribution in [0.25, 0.3) is 0 Å². The van der Waals surface area contributed by atoms with Gasteiger partial charge in [-0.25, -0.2) is 0 Å². The fraction of sp³-hybridized carbons (Fsp3) is 0.521. The van der Waals surface area contributed by atoms with Crippen molar-refractivity contribution in [2.75, 3.05) is 19.8 Å². The molecule has 2 aliphatic rings. The maximum atomic E-state index is 12.5. The molecular formula is C48H62ClNO5SY2-2. The summed E-state index contributed by atoms with van der Waals surface area (Å²) in [5.41, 5.74) is 6.90. The molecule has 2 aliphatic carbocycles. The first-order valence-corrected chi connectivity index (χ1v) is 22.0. The Hall–Kier alpha value is -1.02. The van der Waals surface area contributed by atoms with Gasteiger partial charge in [0.05, 0.1) is 25.2 Å². The number of aryl methyl sites for hydroxylation is 3. The number of benzene rings is 3. The average Bonchev–Trinajstić information content (AvgIpc) is 3.94. The number of halogens is 1. The molecule has 6 nitrogen and oxygen atoms in total. The number of hydrogen-bond donors (Lipinski definition) is 2. The summed E-state index contributed by atoms with van der Waals surface area (Å²) >= 11 is 8.24. The standard InChI is InChI=1S/C25H31O3.C23H31ClNO2S.2Y/c1-4-19-6-5-7-20(14-19)15-21-8-9-25(27)24(21)16-28-22-12-17(2)23(10-11-26)18(3)13-22;1-2-3-9-22(26)18-7-4-8-19(15-18)27-16-20-17(11-12-21(20)24)6-5-10-23-25-13-14-28-23;;/h5-7,12-14,21,24,26H,1,4,8-11,15-16H2,2-3H3;4,7-8,13,15,17,20-22,26H,2-3,5-6,9-12,16H2,1H3;;/q2*-1;;/t21-,24-;17-,20+,21?,22?;;/m10../s1. The average molecular weight is 978 g/mol. The van der Waals surface area contributed by atoms with Crippen molar-refractivity contribution in [1.29, 1.82) is 0 Å². The number of nitrogens with zero attached hydrogens (tertiary/aromatic N) is 1. The molecule has 6 rings (SSSR count). The number of aliphatic hydroxyl groups excluding tert-OH is 2. The van der Waals surface area contributed by atoms with Crippen molar-refractivity contribution in [2.45, 2.75) is 116 Å². The molecule has 0 saturated heterocycles. The smallest absolute Gasteiger partial charge is 0.139 e. The Labute approximate surface area is 407 Å². The van der Waals surface area contributed by atoms with Crippen molar-refractivity contribution in [3.8, 4) is 11.5 Å². The van der Waals surface area contributed by atoms with E-state index in [0.717, 1.165) is 86.0 Å². The molecule has 10 heteroatoms. The van der Waals surface area contributed by atoms with Gasteiger partial charge in [-0.05, 0) is 116 Å². The van der Waals surface area contributed by atoms with Crippen molar-refractivity contribution in [3.63, 3.8) is 0 Å². The molecule has 2 radical (unpaired) electrons. The maximum Gasteiger partial charge on any atom is 0.139 e. The van der Waals surface area contributed by atoms with Crippen LogP contribution in [0.3, 0.4) is 0 Å². The number of aliphatic hydroxyl groups is 2. The van der Waals surface area contributed by atoms with E-state index in [-0.39, 0.29) is 83.3 Å². The van der Waals surface area contributed by atoms with Gasteiger partial charge in [-0.2, -0.15) is 11.8 Å². The van der Waals surface area contributed by atoms with E-state index in [2.05, 4.69) is 48.5 Å². The van der Waals surface area contributed by atoms with Crippen molar-refractivity contribution >= 4 is 28.7 Å². The van der Waals surface area contributed by atoms with Crippen LogP contribution >= 0.6 is 22.9 Å². The van der Waals surface area contributed by atoms with Crippen molar-refractivity contribution in [1.82, 2.24) is 4.98 Å². The molecule has 0 spiro atoms. The minimum Gasteiger partial charge on any atom is -0.493 e. The number of carbonyl (C=O) groups excluding carboxylic acids is 1. The van der Waals surface area contributed by atoms with Gasteiger partial charge >= 0.3 is 0 Å². The van der Waals surface area contributed by atoms with E-state index < -0.39 is 6.10 Å². The number of alkyl halides is 1. The molecule has 2 saturated carbocycles. The molecule has 1 heterocycles. The van der Waals surface area contributed by atoms with Crippen LogP contribution in [0.4, 0.5) is 0 Å². The number of aromatic nitrogens is 1. The summed E-state index contributed by atoms with van der Waals surface area (Å²) in [4.78, 5) is 16.8. The van der Waals surface area contributed by atoms with E-state index >= 15 is 0 Å². The van der Waals surface area contributed by atoms with Crippen molar-refractivity contribution in [2.24, 2.45) is 23.7 Å². The molecule has 1 aromatic heterocycles. The molecule has 0 aliphatic heterocycles. The zero-order valence-electron chi connectivity index (χ0n) is 34.8. The Kier molecular flexibility index (Phi) is 24.0. The second kappa shape index (κ2) is 27.1. The molecule has 2 N–H and O–H groups in total. The molecule has 6 atom stereocenters. The van der Waals surface area contributed by atoms with E-state index in [1.165, 1.54) is 34.5 Å². The molecule has 2 fully saturated rings. The predicted octanol–water partition coefficient (Wildman–Crippen LogP) is 10.6. The molecule has 3 aromatic carbocycles. The number of carbonyl (C=O) groups is 1. The number of Topliss-reactive ketones (excluding diaryl/α,β-unsaturated/α-hetero) is 1. The third-order valence-corrected chi connectivity index (χ3v) is 13.1. The first-order valence-electron chi connectivity index (χ1n) is 20.8. The molecule has 4 aromatic rings. The van der Waals surface area contributed by atoms with Crippen molar-refractivity contribution in [3.05, 3.63) is 118 Å². The largest absolute Gasteiger partial charge is 0.493 e. The summed E-state index contributed by atoms with van der Waals surface area (Å²) in [6.07, 6.45) is 13.8. The fourth-order valence-electron chi connectivity index (χ4n) is 8.51. The summed E-state index contributed by atoms with van der Waals surface area (Å²) < 4.78 is 12.2. The van der Waals surface area contributed by atoms with Crippen LogP contribution in [0, 0.1) is 49.8 Å². The van der Waals surface area contributed by atoms with Gasteiger partial charge < -0.3 is 42.9 Å². The van der Waals surface area contributed by atoms with Gasteiger partial charge in [0.15, 0.2) is 0 Å². The SMILES string of the molecule is CCCCC(O)c1cccc(OC[C@H]2C(Cl)CC[C@@H]2CCCc2nc[c-]s2)c1.[CH2-]Cc1cccc(C[C@H]2CCC(=O)[C@@H]2COc2cc(C)c(CCO)c(C)c2)c1.[Y].[Y]. The Morgan fingerprint density at radius 1 is 0.931 bits per heavy atom. The van der Waals surface area contributed by atoms with Gasteiger partial charge in [-0.15, -0.1) is 11.6 Å². The minimum absolute atomic E-state index is 0. The van der Waals surface area contributed by atoms with Crippen LogP contribution in [0.15, 0.2) is 66.9 Å². The first-order chi connectivity index (χ1) is 27.2. The summed E-state index contributed by atoms with van der Waals surface area (Å²) in [6.45, 7) is 11.4. The number of rotatable bonds is 19. The van der Waals surface area contributed by atoms with Crippen LogP contribution in [0.2, 0.25) is 0 Å².